The van der Waals surface area contributed by atoms with Crippen molar-refractivity contribution in [3.05, 3.63) is 23.9 Å². The summed E-state index contributed by atoms with van der Waals surface area (Å²) in [5.74, 6) is 0.370. The Balaban J connectivity index is 2.52. The zero-order valence-electron chi connectivity index (χ0n) is 11.1. The van der Waals surface area contributed by atoms with Gasteiger partial charge in [0.25, 0.3) is 0 Å². The van der Waals surface area contributed by atoms with Gasteiger partial charge in [-0.25, -0.2) is 9.78 Å². The molecule has 1 N–H and O–H groups in total. The van der Waals surface area contributed by atoms with Crippen LogP contribution in [0.2, 0.25) is 0 Å². The van der Waals surface area contributed by atoms with Crippen molar-refractivity contribution >= 4 is 11.8 Å². The Kier molecular flexibility index (Phi) is 6.14. The molecule has 1 unspecified atom stereocenters. The molecule has 0 bridgehead atoms. The highest BCUT2D eigenvalue weighted by atomic mass is 16.5. The average Bonchev–Trinajstić information content (AvgIpc) is 2.37. The third-order valence-electron chi connectivity index (χ3n) is 2.24. The van der Waals surface area contributed by atoms with Crippen molar-refractivity contribution in [2.45, 2.75) is 26.8 Å². The third-order valence-corrected chi connectivity index (χ3v) is 2.24. The normalized spacial score (nSPS) is 11.9. The molecule has 0 fully saturated rings. The van der Waals surface area contributed by atoms with E-state index in [4.69, 9.17) is 9.47 Å². The SMILES string of the molecule is CCOCC(C)Nc1ccc(C(=O)OCC)cn1. The van der Waals surface area contributed by atoms with E-state index in [2.05, 4.69) is 10.3 Å². The second-order valence-electron chi connectivity index (χ2n) is 3.86. The van der Waals surface area contributed by atoms with Crippen LogP contribution in [0.3, 0.4) is 0 Å². The first-order valence-electron chi connectivity index (χ1n) is 6.14. The summed E-state index contributed by atoms with van der Waals surface area (Å²) in [6.45, 7) is 7.43. The van der Waals surface area contributed by atoms with E-state index >= 15 is 0 Å². The predicted octanol–water partition coefficient (Wildman–Crippen LogP) is 2.10. The number of hydrogen-bond acceptors (Lipinski definition) is 5. The van der Waals surface area contributed by atoms with Gasteiger partial charge in [-0.3, -0.25) is 0 Å². The van der Waals surface area contributed by atoms with Crippen molar-refractivity contribution in [1.29, 1.82) is 0 Å². The van der Waals surface area contributed by atoms with Crippen molar-refractivity contribution in [2.24, 2.45) is 0 Å². The van der Waals surface area contributed by atoms with Crippen LogP contribution in [0.5, 0.6) is 0 Å². The topological polar surface area (TPSA) is 60.5 Å². The summed E-state index contributed by atoms with van der Waals surface area (Å²) in [5.41, 5.74) is 0.458. The van der Waals surface area contributed by atoms with Crippen LogP contribution in [0.25, 0.3) is 0 Å². The number of esters is 1. The number of ether oxygens (including phenoxy) is 2. The number of carbonyl (C=O) groups excluding carboxylic acids is 1. The summed E-state index contributed by atoms with van der Waals surface area (Å²) in [4.78, 5) is 15.6. The molecule has 0 spiro atoms. The smallest absolute Gasteiger partial charge is 0.339 e. The van der Waals surface area contributed by atoms with Gasteiger partial charge >= 0.3 is 5.97 Å². The van der Waals surface area contributed by atoms with Crippen LogP contribution >= 0.6 is 0 Å². The quantitative estimate of drug-likeness (QED) is 0.753. The Hall–Kier alpha value is -1.62. The molecule has 18 heavy (non-hydrogen) atoms. The maximum atomic E-state index is 11.4. The number of hydrogen-bond donors (Lipinski definition) is 1. The maximum absolute atomic E-state index is 11.4. The van der Waals surface area contributed by atoms with Gasteiger partial charge in [-0.15, -0.1) is 0 Å². The van der Waals surface area contributed by atoms with Gasteiger partial charge in [-0.2, -0.15) is 0 Å². The van der Waals surface area contributed by atoms with E-state index in [-0.39, 0.29) is 12.0 Å². The number of aromatic nitrogens is 1. The van der Waals surface area contributed by atoms with Gasteiger partial charge in [-0.1, -0.05) is 0 Å². The van der Waals surface area contributed by atoms with E-state index in [1.807, 2.05) is 13.8 Å². The van der Waals surface area contributed by atoms with Gasteiger partial charge in [0.05, 0.1) is 18.8 Å². The molecular weight excluding hydrogens is 232 g/mol. The van der Waals surface area contributed by atoms with Gasteiger partial charge in [0.15, 0.2) is 0 Å². The van der Waals surface area contributed by atoms with Gasteiger partial charge in [0.1, 0.15) is 5.82 Å². The van der Waals surface area contributed by atoms with Crippen molar-refractivity contribution in [3.8, 4) is 0 Å². The van der Waals surface area contributed by atoms with Crippen LogP contribution in [0, 0.1) is 0 Å². The van der Waals surface area contributed by atoms with Crippen molar-refractivity contribution in [2.75, 3.05) is 25.1 Å². The fraction of sp³-hybridized carbons (Fsp3) is 0.538. The predicted molar refractivity (Wildman–Crippen MR) is 69.8 cm³/mol. The van der Waals surface area contributed by atoms with Crippen LogP contribution in [0.4, 0.5) is 5.82 Å². The number of rotatable bonds is 7. The monoisotopic (exact) mass is 252 g/mol. The minimum absolute atomic E-state index is 0.172. The molecule has 5 nitrogen and oxygen atoms in total. The Morgan fingerprint density at radius 2 is 2.17 bits per heavy atom. The van der Waals surface area contributed by atoms with Gasteiger partial charge in [0, 0.05) is 18.8 Å². The molecule has 0 aliphatic carbocycles. The number of nitrogens with zero attached hydrogens (tertiary/aromatic N) is 1. The summed E-state index contributed by atoms with van der Waals surface area (Å²) in [7, 11) is 0. The van der Waals surface area contributed by atoms with Gasteiger partial charge in [-0.05, 0) is 32.9 Å². The van der Waals surface area contributed by atoms with E-state index in [1.165, 1.54) is 6.20 Å². The van der Waals surface area contributed by atoms with Gasteiger partial charge in [0.2, 0.25) is 0 Å². The Bertz CT molecular complexity index is 365. The lowest BCUT2D eigenvalue weighted by atomic mass is 10.3. The number of anilines is 1. The van der Waals surface area contributed by atoms with E-state index < -0.39 is 0 Å². The molecule has 1 atom stereocenters. The second kappa shape index (κ2) is 7.66. The Labute approximate surface area is 108 Å². The fourth-order valence-electron chi connectivity index (χ4n) is 1.40. The first kappa shape index (κ1) is 14.4. The highest BCUT2D eigenvalue weighted by Crippen LogP contribution is 2.08. The number of nitrogens with one attached hydrogen (secondary N) is 1. The highest BCUT2D eigenvalue weighted by Gasteiger charge is 2.07. The third kappa shape index (κ3) is 4.71. The first-order valence-corrected chi connectivity index (χ1v) is 6.14. The fourth-order valence-corrected chi connectivity index (χ4v) is 1.40. The summed E-state index contributed by atoms with van der Waals surface area (Å²) >= 11 is 0. The molecule has 100 valence electrons. The molecule has 1 aromatic rings. The van der Waals surface area contributed by atoms with Crippen LogP contribution in [-0.4, -0.2) is 36.8 Å². The van der Waals surface area contributed by atoms with Crippen molar-refractivity contribution < 1.29 is 14.3 Å². The molecule has 0 aliphatic heterocycles. The lowest BCUT2D eigenvalue weighted by molar-refractivity contribution is 0.0526. The zero-order chi connectivity index (χ0) is 13.4. The van der Waals surface area contributed by atoms with Crippen molar-refractivity contribution in [1.82, 2.24) is 4.98 Å². The molecule has 1 aromatic heterocycles. The second-order valence-corrected chi connectivity index (χ2v) is 3.86. The molecule has 0 saturated carbocycles. The average molecular weight is 252 g/mol. The summed E-state index contributed by atoms with van der Waals surface area (Å²) in [6.07, 6.45) is 1.51. The largest absolute Gasteiger partial charge is 0.462 e. The van der Waals surface area contributed by atoms with E-state index in [0.717, 1.165) is 5.82 Å². The summed E-state index contributed by atoms with van der Waals surface area (Å²) in [5, 5.41) is 3.19. The molecule has 0 aliphatic rings. The first-order chi connectivity index (χ1) is 8.67. The number of carbonyl (C=O) groups is 1. The van der Waals surface area contributed by atoms with E-state index in [0.29, 0.717) is 25.4 Å². The molecule has 0 aromatic carbocycles. The van der Waals surface area contributed by atoms with Crippen LogP contribution in [0.1, 0.15) is 31.1 Å². The van der Waals surface area contributed by atoms with Crippen LogP contribution in [-0.2, 0) is 9.47 Å². The molecule has 0 radical (unpaired) electrons. The Morgan fingerprint density at radius 3 is 2.72 bits per heavy atom. The summed E-state index contributed by atoms with van der Waals surface area (Å²) in [6, 6.07) is 3.63. The van der Waals surface area contributed by atoms with E-state index in [1.54, 1.807) is 19.1 Å². The lowest BCUT2D eigenvalue weighted by Crippen LogP contribution is -2.22. The molecule has 0 saturated heterocycles. The van der Waals surface area contributed by atoms with Gasteiger partial charge < -0.3 is 14.8 Å². The summed E-state index contributed by atoms with van der Waals surface area (Å²) < 4.78 is 10.2. The zero-order valence-corrected chi connectivity index (χ0v) is 11.1. The Morgan fingerprint density at radius 1 is 1.39 bits per heavy atom. The lowest BCUT2D eigenvalue weighted by Gasteiger charge is -2.14. The minimum atomic E-state index is -0.348. The van der Waals surface area contributed by atoms with E-state index in [9.17, 15) is 4.79 Å². The van der Waals surface area contributed by atoms with Crippen molar-refractivity contribution in [3.63, 3.8) is 0 Å². The molecule has 1 heterocycles. The molecule has 5 heteroatoms. The standard InChI is InChI=1S/C13H20N2O3/c1-4-17-9-10(3)15-12-7-6-11(8-14-12)13(16)18-5-2/h6-8,10H,4-5,9H2,1-3H3,(H,14,15). The molecule has 0 amide bonds. The van der Waals surface area contributed by atoms with Crippen LogP contribution < -0.4 is 5.32 Å². The number of pyridine rings is 1. The molecular formula is C13H20N2O3. The van der Waals surface area contributed by atoms with Crippen LogP contribution in [0.15, 0.2) is 18.3 Å². The molecule has 1 rings (SSSR count). The highest BCUT2D eigenvalue weighted by molar-refractivity contribution is 5.89. The minimum Gasteiger partial charge on any atom is -0.462 e. The maximum Gasteiger partial charge on any atom is 0.339 e.